The first-order valence-corrected chi connectivity index (χ1v) is 12.1. The molecule has 0 spiro atoms. The number of nitrogens with zero attached hydrogens (tertiary/aromatic N) is 2. The zero-order valence-corrected chi connectivity index (χ0v) is 19.5. The molecule has 1 unspecified atom stereocenters. The van der Waals surface area contributed by atoms with E-state index in [0.29, 0.717) is 29.4 Å². The number of carbonyl (C=O) groups excluding carboxylic acids is 3. The van der Waals surface area contributed by atoms with Crippen LogP contribution in [0.25, 0.3) is 0 Å². The lowest BCUT2D eigenvalue weighted by atomic mass is 9.86. The summed E-state index contributed by atoms with van der Waals surface area (Å²) >= 11 is 0. The van der Waals surface area contributed by atoms with Crippen LogP contribution >= 0.6 is 0 Å². The SMILES string of the molecule is CC(C)N1C(=O)C(NC(=O)CCC2CCCCC2)C(=O)N(c2ccccc2)c2ccccc21. The molecular formula is C27H33N3O3. The minimum atomic E-state index is -1.26. The molecule has 0 saturated heterocycles. The number of benzene rings is 2. The van der Waals surface area contributed by atoms with E-state index in [9.17, 15) is 14.4 Å². The molecule has 174 valence electrons. The zero-order chi connectivity index (χ0) is 23.4. The van der Waals surface area contributed by atoms with Crippen molar-refractivity contribution in [1.29, 1.82) is 0 Å². The quantitative estimate of drug-likeness (QED) is 0.637. The highest BCUT2D eigenvalue weighted by molar-refractivity contribution is 6.23. The van der Waals surface area contributed by atoms with Gasteiger partial charge in [0, 0.05) is 18.2 Å². The van der Waals surface area contributed by atoms with Gasteiger partial charge in [0.1, 0.15) is 0 Å². The first-order valence-electron chi connectivity index (χ1n) is 12.1. The highest BCUT2D eigenvalue weighted by Gasteiger charge is 2.42. The topological polar surface area (TPSA) is 69.7 Å². The van der Waals surface area contributed by atoms with E-state index in [0.717, 1.165) is 19.3 Å². The van der Waals surface area contributed by atoms with Crippen molar-refractivity contribution in [2.75, 3.05) is 9.80 Å². The average molecular weight is 448 g/mol. The fourth-order valence-electron chi connectivity index (χ4n) is 5.01. The zero-order valence-electron chi connectivity index (χ0n) is 19.5. The van der Waals surface area contributed by atoms with Crippen LogP contribution in [-0.4, -0.2) is 29.8 Å². The van der Waals surface area contributed by atoms with Gasteiger partial charge in [0.2, 0.25) is 5.91 Å². The van der Waals surface area contributed by atoms with Gasteiger partial charge in [-0.25, -0.2) is 0 Å². The van der Waals surface area contributed by atoms with E-state index in [1.165, 1.54) is 19.3 Å². The van der Waals surface area contributed by atoms with E-state index in [1.54, 1.807) is 9.80 Å². The third-order valence-corrected chi connectivity index (χ3v) is 6.67. The summed E-state index contributed by atoms with van der Waals surface area (Å²) in [4.78, 5) is 43.5. The van der Waals surface area contributed by atoms with E-state index < -0.39 is 17.9 Å². The number of fused-ring (bicyclic) bond motifs is 1. The van der Waals surface area contributed by atoms with Crippen LogP contribution in [0.1, 0.15) is 58.8 Å². The minimum Gasteiger partial charge on any atom is -0.337 e. The highest BCUT2D eigenvalue weighted by Crippen LogP contribution is 2.38. The third kappa shape index (κ3) is 4.95. The smallest absolute Gasteiger partial charge is 0.264 e. The Kier molecular flexibility index (Phi) is 7.11. The van der Waals surface area contributed by atoms with Gasteiger partial charge in [0.15, 0.2) is 6.04 Å². The summed E-state index contributed by atoms with van der Waals surface area (Å²) in [6, 6.07) is 15.2. The van der Waals surface area contributed by atoms with Crippen molar-refractivity contribution in [3.63, 3.8) is 0 Å². The Balaban J connectivity index is 1.65. The Morgan fingerprint density at radius 2 is 1.55 bits per heavy atom. The molecule has 2 aliphatic rings. The Labute approximate surface area is 196 Å². The molecule has 0 aromatic heterocycles. The number of para-hydroxylation sites is 3. The molecule has 6 nitrogen and oxygen atoms in total. The summed E-state index contributed by atoms with van der Waals surface area (Å²) in [5.41, 5.74) is 1.96. The Morgan fingerprint density at radius 3 is 2.21 bits per heavy atom. The molecule has 2 aromatic carbocycles. The molecule has 0 bridgehead atoms. The summed E-state index contributed by atoms with van der Waals surface area (Å²) in [6.07, 6.45) is 7.17. The summed E-state index contributed by atoms with van der Waals surface area (Å²) in [5, 5.41) is 2.80. The third-order valence-electron chi connectivity index (χ3n) is 6.67. The number of carbonyl (C=O) groups is 3. The molecule has 1 heterocycles. The van der Waals surface area contributed by atoms with Gasteiger partial charge in [-0.15, -0.1) is 0 Å². The van der Waals surface area contributed by atoms with Crippen molar-refractivity contribution in [3.8, 4) is 0 Å². The summed E-state index contributed by atoms with van der Waals surface area (Å²) in [7, 11) is 0. The standard InChI is InChI=1S/C27H33N3O3/c1-19(2)29-22-15-9-10-16-23(22)30(21-13-7-4-8-14-21)27(33)25(26(29)32)28-24(31)18-17-20-11-5-3-6-12-20/h4,7-10,13-16,19-20,25H,3,5-6,11-12,17-18H2,1-2H3,(H,28,31). The van der Waals surface area contributed by atoms with Gasteiger partial charge in [0.25, 0.3) is 11.8 Å². The number of hydrogen-bond donors (Lipinski definition) is 1. The van der Waals surface area contributed by atoms with Crippen LogP contribution in [0.2, 0.25) is 0 Å². The van der Waals surface area contributed by atoms with Gasteiger partial charge in [-0.2, -0.15) is 0 Å². The number of anilines is 3. The summed E-state index contributed by atoms with van der Waals surface area (Å²) < 4.78 is 0. The molecule has 1 atom stereocenters. The second-order valence-electron chi connectivity index (χ2n) is 9.34. The van der Waals surface area contributed by atoms with Crippen molar-refractivity contribution >= 4 is 34.8 Å². The van der Waals surface area contributed by atoms with Crippen LogP contribution < -0.4 is 15.1 Å². The molecule has 1 N–H and O–H groups in total. The molecule has 0 radical (unpaired) electrons. The first kappa shape index (κ1) is 23.0. The second-order valence-corrected chi connectivity index (χ2v) is 9.34. The van der Waals surface area contributed by atoms with Crippen LogP contribution in [0, 0.1) is 5.92 Å². The molecule has 1 aliphatic carbocycles. The van der Waals surface area contributed by atoms with Crippen molar-refractivity contribution in [2.24, 2.45) is 5.92 Å². The second kappa shape index (κ2) is 10.2. The van der Waals surface area contributed by atoms with Crippen molar-refractivity contribution in [1.82, 2.24) is 5.32 Å². The highest BCUT2D eigenvalue weighted by atomic mass is 16.2. The largest absolute Gasteiger partial charge is 0.337 e. The Hall–Kier alpha value is -3.15. The van der Waals surface area contributed by atoms with Gasteiger partial charge in [-0.05, 0) is 50.5 Å². The maximum atomic E-state index is 13.8. The van der Waals surface area contributed by atoms with Crippen LogP contribution in [0.5, 0.6) is 0 Å². The van der Waals surface area contributed by atoms with Crippen molar-refractivity contribution in [2.45, 2.75) is 70.9 Å². The fourth-order valence-corrected chi connectivity index (χ4v) is 5.01. The monoisotopic (exact) mass is 447 g/mol. The Bertz CT molecular complexity index is 999. The van der Waals surface area contributed by atoms with Crippen LogP contribution in [0.15, 0.2) is 54.6 Å². The molecule has 1 aliphatic heterocycles. The van der Waals surface area contributed by atoms with E-state index in [1.807, 2.05) is 68.4 Å². The number of rotatable bonds is 6. The number of amides is 3. The van der Waals surface area contributed by atoms with Crippen LogP contribution in [0.3, 0.4) is 0 Å². The molecule has 33 heavy (non-hydrogen) atoms. The lowest BCUT2D eigenvalue weighted by molar-refractivity contribution is -0.134. The van der Waals surface area contributed by atoms with Crippen molar-refractivity contribution in [3.05, 3.63) is 54.6 Å². The van der Waals surface area contributed by atoms with E-state index in [-0.39, 0.29) is 11.9 Å². The van der Waals surface area contributed by atoms with Gasteiger partial charge < -0.3 is 10.2 Å². The lowest BCUT2D eigenvalue weighted by Gasteiger charge is -2.28. The molecule has 1 fully saturated rings. The Morgan fingerprint density at radius 1 is 0.909 bits per heavy atom. The molecule has 6 heteroatoms. The maximum absolute atomic E-state index is 13.8. The summed E-state index contributed by atoms with van der Waals surface area (Å²) in [5.74, 6) is -0.517. The molecule has 3 amide bonds. The first-order chi connectivity index (χ1) is 16.0. The van der Waals surface area contributed by atoms with Crippen LogP contribution in [-0.2, 0) is 14.4 Å². The lowest BCUT2D eigenvalue weighted by Crippen LogP contribution is -2.56. The van der Waals surface area contributed by atoms with Gasteiger partial charge in [0.05, 0.1) is 11.4 Å². The van der Waals surface area contributed by atoms with Crippen LogP contribution in [0.4, 0.5) is 17.1 Å². The molecule has 1 saturated carbocycles. The van der Waals surface area contributed by atoms with E-state index in [4.69, 9.17) is 0 Å². The van der Waals surface area contributed by atoms with Gasteiger partial charge >= 0.3 is 0 Å². The molecular weight excluding hydrogens is 414 g/mol. The fraction of sp³-hybridized carbons (Fsp3) is 0.444. The van der Waals surface area contributed by atoms with Gasteiger partial charge in [-0.3, -0.25) is 19.3 Å². The molecule has 4 rings (SSSR count). The number of nitrogens with one attached hydrogen (secondary N) is 1. The predicted molar refractivity (Wildman–Crippen MR) is 130 cm³/mol. The maximum Gasteiger partial charge on any atom is 0.264 e. The van der Waals surface area contributed by atoms with E-state index in [2.05, 4.69) is 5.32 Å². The van der Waals surface area contributed by atoms with E-state index >= 15 is 0 Å². The molecule has 2 aromatic rings. The minimum absolute atomic E-state index is 0.177. The van der Waals surface area contributed by atoms with Gasteiger partial charge in [-0.1, -0.05) is 62.4 Å². The summed E-state index contributed by atoms with van der Waals surface area (Å²) in [6.45, 7) is 3.83. The average Bonchev–Trinajstić information content (AvgIpc) is 2.91. The normalized spacial score (nSPS) is 19.4. The van der Waals surface area contributed by atoms with Crippen molar-refractivity contribution < 1.29 is 14.4 Å². The predicted octanol–water partition coefficient (Wildman–Crippen LogP) is 4.95. The number of hydrogen-bond acceptors (Lipinski definition) is 3.